The lowest BCUT2D eigenvalue weighted by Crippen LogP contribution is -2.33. The first-order valence-corrected chi connectivity index (χ1v) is 11.1. The number of imidazole rings is 1. The van der Waals surface area contributed by atoms with E-state index in [1.54, 1.807) is 0 Å². The largest absolute Gasteiger partial charge is 0.436 e. The molecule has 0 radical (unpaired) electrons. The van der Waals surface area contributed by atoms with Gasteiger partial charge in [-0.05, 0) is 82.5 Å². The molecule has 0 aliphatic heterocycles. The number of aryl methyl sites for hydroxylation is 4. The van der Waals surface area contributed by atoms with Crippen LogP contribution in [-0.2, 0) is 12.6 Å². The summed E-state index contributed by atoms with van der Waals surface area (Å²) in [4.78, 5) is 4.92. The molecule has 32 heavy (non-hydrogen) atoms. The normalized spacial score (nSPS) is 12.2. The maximum absolute atomic E-state index is 6.25. The first kappa shape index (κ1) is 20.5. The molecular weight excluding hydrogens is 394 g/mol. The van der Waals surface area contributed by atoms with Gasteiger partial charge in [-0.25, -0.2) is 14.1 Å². The third-order valence-corrected chi connectivity index (χ3v) is 6.35. The molecule has 0 bridgehead atoms. The fraction of sp³-hybridized carbons (Fsp3) is 0.286. The van der Waals surface area contributed by atoms with Crippen LogP contribution in [0.15, 0.2) is 59.0 Å². The van der Waals surface area contributed by atoms with E-state index >= 15 is 0 Å². The van der Waals surface area contributed by atoms with E-state index in [9.17, 15) is 0 Å². The van der Waals surface area contributed by atoms with Crippen LogP contribution in [-0.4, -0.2) is 9.55 Å². The Labute approximate surface area is 189 Å². The average molecular weight is 425 g/mol. The third kappa shape index (κ3) is 3.05. The fourth-order valence-corrected chi connectivity index (χ4v) is 4.87. The van der Waals surface area contributed by atoms with Gasteiger partial charge < -0.3 is 4.42 Å². The smallest absolute Gasteiger partial charge is 0.290 e. The molecular formula is C28H30N3O+. The highest BCUT2D eigenvalue weighted by atomic mass is 16.3. The zero-order valence-corrected chi connectivity index (χ0v) is 19.9. The van der Waals surface area contributed by atoms with Crippen molar-refractivity contribution in [2.45, 2.75) is 47.1 Å². The molecule has 0 atom stereocenters. The minimum atomic E-state index is -0.0785. The number of hydrogen-bond donors (Lipinski definition) is 0. The molecule has 0 aliphatic rings. The minimum Gasteiger partial charge on any atom is -0.436 e. The van der Waals surface area contributed by atoms with E-state index in [1.165, 1.54) is 39.1 Å². The summed E-state index contributed by atoms with van der Waals surface area (Å²) in [6.07, 6.45) is 0. The van der Waals surface area contributed by atoms with Crippen LogP contribution in [0.25, 0.3) is 45.0 Å². The van der Waals surface area contributed by atoms with Crippen LogP contribution in [0.3, 0.4) is 0 Å². The second kappa shape index (κ2) is 7.06. The quantitative estimate of drug-likeness (QED) is 0.298. The third-order valence-electron chi connectivity index (χ3n) is 6.35. The van der Waals surface area contributed by atoms with Crippen LogP contribution in [0.2, 0.25) is 0 Å². The molecule has 0 fully saturated rings. The molecule has 4 heteroatoms. The Bertz CT molecular complexity index is 1470. The fourth-order valence-electron chi connectivity index (χ4n) is 4.87. The van der Waals surface area contributed by atoms with E-state index in [0.29, 0.717) is 5.89 Å². The summed E-state index contributed by atoms with van der Waals surface area (Å²) in [5.74, 6) is 1.86. The van der Waals surface area contributed by atoms with Crippen LogP contribution < -0.4 is 4.57 Å². The summed E-state index contributed by atoms with van der Waals surface area (Å²) in [5.41, 5.74) is 9.85. The Morgan fingerprint density at radius 1 is 0.875 bits per heavy atom. The number of benzene rings is 3. The summed E-state index contributed by atoms with van der Waals surface area (Å²) < 4.78 is 11.0. The van der Waals surface area contributed by atoms with Gasteiger partial charge in [-0.15, -0.1) is 0 Å². The van der Waals surface area contributed by atoms with Gasteiger partial charge in [-0.1, -0.05) is 30.3 Å². The first-order valence-electron chi connectivity index (χ1n) is 11.1. The summed E-state index contributed by atoms with van der Waals surface area (Å²) in [5, 5.41) is 0. The Hall–Kier alpha value is -3.40. The van der Waals surface area contributed by atoms with Crippen molar-refractivity contribution >= 4 is 22.1 Å². The molecule has 0 amide bonds. The lowest BCUT2D eigenvalue weighted by atomic mass is 10.0. The number of nitrogens with zero attached hydrogens (tertiary/aromatic N) is 3. The monoisotopic (exact) mass is 424 g/mol. The van der Waals surface area contributed by atoms with Crippen molar-refractivity contribution in [1.29, 1.82) is 0 Å². The molecule has 0 saturated carbocycles. The Morgan fingerprint density at radius 2 is 1.56 bits per heavy atom. The SMILES string of the molecule is Cc1cc2oc(-c3c(C)cccc3C)nc2cc1-c1n(C(C)(C)C)c2ccccc2[n+]1C. The van der Waals surface area contributed by atoms with Gasteiger partial charge >= 0.3 is 0 Å². The molecule has 2 aromatic heterocycles. The van der Waals surface area contributed by atoms with E-state index < -0.39 is 0 Å². The van der Waals surface area contributed by atoms with Crippen molar-refractivity contribution in [3.05, 3.63) is 71.3 Å². The molecule has 0 aliphatic carbocycles. The zero-order chi connectivity index (χ0) is 22.8. The van der Waals surface area contributed by atoms with Crippen molar-refractivity contribution < 1.29 is 8.98 Å². The molecule has 0 unspecified atom stereocenters. The van der Waals surface area contributed by atoms with Crippen LogP contribution in [0.4, 0.5) is 0 Å². The van der Waals surface area contributed by atoms with Gasteiger partial charge in [0.25, 0.3) is 5.82 Å². The van der Waals surface area contributed by atoms with Gasteiger partial charge in [-0.2, -0.15) is 0 Å². The Balaban J connectivity index is 1.79. The number of aromatic nitrogens is 3. The van der Waals surface area contributed by atoms with Crippen molar-refractivity contribution in [1.82, 2.24) is 9.55 Å². The highest BCUT2D eigenvalue weighted by Gasteiger charge is 2.33. The number of fused-ring (bicyclic) bond motifs is 2. The topological polar surface area (TPSA) is 34.8 Å². The Morgan fingerprint density at radius 3 is 2.25 bits per heavy atom. The standard InChI is InChI=1S/C28H30N3O/c1-17-11-10-12-18(2)25(17)26-29-21-16-20(19(3)15-24(21)32-26)27-30(7)22-13-8-9-14-23(22)31(27)28(4,5)6/h8-16H,1-7H3/q+1. The second-order valence-corrected chi connectivity index (χ2v) is 9.80. The summed E-state index contributed by atoms with van der Waals surface area (Å²) >= 11 is 0. The number of oxazole rings is 1. The van der Waals surface area contributed by atoms with E-state index in [1.807, 2.05) is 0 Å². The van der Waals surface area contributed by atoms with Gasteiger partial charge in [0.1, 0.15) is 11.1 Å². The van der Waals surface area contributed by atoms with Gasteiger partial charge in [0.15, 0.2) is 16.6 Å². The van der Waals surface area contributed by atoms with Crippen LogP contribution in [0.1, 0.15) is 37.5 Å². The Kier molecular flexibility index (Phi) is 4.52. The van der Waals surface area contributed by atoms with E-state index in [-0.39, 0.29) is 5.54 Å². The van der Waals surface area contributed by atoms with Crippen molar-refractivity contribution in [3.63, 3.8) is 0 Å². The number of para-hydroxylation sites is 2. The highest BCUT2D eigenvalue weighted by Crippen LogP contribution is 2.35. The molecule has 2 heterocycles. The lowest BCUT2D eigenvalue weighted by Gasteiger charge is -2.18. The number of rotatable bonds is 2. The van der Waals surface area contributed by atoms with E-state index in [4.69, 9.17) is 9.40 Å². The van der Waals surface area contributed by atoms with Crippen molar-refractivity contribution in [3.8, 4) is 22.8 Å². The molecule has 3 aromatic carbocycles. The van der Waals surface area contributed by atoms with E-state index in [0.717, 1.165) is 16.7 Å². The maximum Gasteiger partial charge on any atom is 0.290 e. The second-order valence-electron chi connectivity index (χ2n) is 9.80. The maximum atomic E-state index is 6.25. The average Bonchev–Trinajstić information content (AvgIpc) is 3.25. The van der Waals surface area contributed by atoms with Crippen LogP contribution in [0, 0.1) is 20.8 Å². The summed E-state index contributed by atoms with van der Waals surface area (Å²) in [6.45, 7) is 13.1. The number of hydrogen-bond acceptors (Lipinski definition) is 2. The summed E-state index contributed by atoms with van der Waals surface area (Å²) in [6, 6.07) is 19.2. The van der Waals surface area contributed by atoms with Crippen LogP contribution >= 0.6 is 0 Å². The predicted octanol–water partition coefficient (Wildman–Crippen LogP) is 6.62. The lowest BCUT2D eigenvalue weighted by molar-refractivity contribution is -0.634. The van der Waals surface area contributed by atoms with Gasteiger partial charge in [-0.3, -0.25) is 0 Å². The van der Waals surface area contributed by atoms with Crippen LogP contribution in [0.5, 0.6) is 0 Å². The molecule has 0 N–H and O–H groups in total. The molecule has 162 valence electrons. The summed E-state index contributed by atoms with van der Waals surface area (Å²) in [7, 11) is 2.15. The highest BCUT2D eigenvalue weighted by molar-refractivity contribution is 5.85. The minimum absolute atomic E-state index is 0.0785. The molecule has 0 spiro atoms. The van der Waals surface area contributed by atoms with Crippen molar-refractivity contribution in [2.24, 2.45) is 7.05 Å². The van der Waals surface area contributed by atoms with E-state index in [2.05, 4.69) is 112 Å². The first-order chi connectivity index (χ1) is 15.2. The molecule has 5 aromatic rings. The van der Waals surface area contributed by atoms with Gasteiger partial charge in [0.2, 0.25) is 5.89 Å². The zero-order valence-electron chi connectivity index (χ0n) is 19.9. The molecule has 5 rings (SSSR count). The van der Waals surface area contributed by atoms with Gasteiger partial charge in [0.05, 0.1) is 12.6 Å². The van der Waals surface area contributed by atoms with Gasteiger partial charge in [0, 0.05) is 5.56 Å². The molecule has 0 saturated heterocycles. The van der Waals surface area contributed by atoms with Crippen molar-refractivity contribution in [2.75, 3.05) is 0 Å². The molecule has 4 nitrogen and oxygen atoms in total. The predicted molar refractivity (Wildman–Crippen MR) is 131 cm³/mol.